The molecule has 0 saturated heterocycles. The van der Waals surface area contributed by atoms with Gasteiger partial charge in [0.05, 0.1) is 29.4 Å². The molecule has 2 rings (SSSR count). The van der Waals surface area contributed by atoms with Crippen LogP contribution >= 0.6 is 0 Å². The molecule has 10 nitrogen and oxygen atoms in total. The molecule has 0 aliphatic carbocycles. The maximum Gasteiger partial charge on any atom is 0.344 e. The van der Waals surface area contributed by atoms with Gasteiger partial charge in [-0.1, -0.05) is 30.3 Å². The van der Waals surface area contributed by atoms with E-state index in [1.165, 1.54) is 6.07 Å². The van der Waals surface area contributed by atoms with Gasteiger partial charge in [0.2, 0.25) is 0 Å². The zero-order valence-corrected chi connectivity index (χ0v) is 16.3. The van der Waals surface area contributed by atoms with Gasteiger partial charge in [-0.15, -0.1) is 0 Å². The highest BCUT2D eigenvalue weighted by Crippen LogP contribution is 2.27. The van der Waals surface area contributed by atoms with Crippen molar-refractivity contribution >= 4 is 29.1 Å². The van der Waals surface area contributed by atoms with Gasteiger partial charge in [-0.25, -0.2) is 9.59 Å². The zero-order chi connectivity index (χ0) is 22.1. The van der Waals surface area contributed by atoms with Gasteiger partial charge in [0.25, 0.3) is 11.7 Å². The van der Waals surface area contributed by atoms with Gasteiger partial charge in [0, 0.05) is 17.7 Å². The summed E-state index contributed by atoms with van der Waals surface area (Å²) in [7, 11) is 0. The minimum atomic E-state index is -1.68. The molecule has 0 atom stereocenters. The topological polar surface area (TPSA) is 138 Å². The van der Waals surface area contributed by atoms with Crippen LogP contribution in [0.2, 0.25) is 0 Å². The van der Waals surface area contributed by atoms with E-state index in [0.717, 1.165) is 12.1 Å². The van der Waals surface area contributed by atoms with Crippen LogP contribution < -0.4 is 0 Å². The number of hydrogen-bond donors (Lipinski definition) is 0. The summed E-state index contributed by atoms with van der Waals surface area (Å²) in [6, 6.07) is 9.82. The summed E-state index contributed by atoms with van der Waals surface area (Å²) in [6.45, 7) is 3.15. The number of azo groups is 1. The Morgan fingerprint density at radius 2 is 1.60 bits per heavy atom. The van der Waals surface area contributed by atoms with Crippen molar-refractivity contribution in [2.75, 3.05) is 13.2 Å². The minimum Gasteiger partial charge on any atom is -0.464 e. The summed E-state index contributed by atoms with van der Waals surface area (Å²) in [5.41, 5.74) is -0.194. The first-order valence-corrected chi connectivity index (χ1v) is 9.01. The van der Waals surface area contributed by atoms with Crippen LogP contribution in [0.4, 0.5) is 11.4 Å². The Balaban J connectivity index is 2.48. The van der Waals surface area contributed by atoms with Crippen LogP contribution in [0.15, 0.2) is 58.8 Å². The summed E-state index contributed by atoms with van der Waals surface area (Å²) >= 11 is 0. The van der Waals surface area contributed by atoms with Gasteiger partial charge in [-0.05, 0) is 19.9 Å². The molecule has 2 aromatic carbocycles. The van der Waals surface area contributed by atoms with Gasteiger partial charge in [-0.2, -0.15) is 10.2 Å². The van der Waals surface area contributed by atoms with Crippen molar-refractivity contribution in [1.82, 2.24) is 0 Å². The van der Waals surface area contributed by atoms with Crippen molar-refractivity contribution in [2.24, 2.45) is 10.2 Å². The fourth-order valence-electron chi connectivity index (χ4n) is 2.40. The van der Waals surface area contributed by atoms with Crippen LogP contribution in [0.25, 0.3) is 0 Å². The van der Waals surface area contributed by atoms with Crippen LogP contribution in [-0.2, 0) is 19.1 Å². The summed E-state index contributed by atoms with van der Waals surface area (Å²) in [6.07, 6.45) is 0. The van der Waals surface area contributed by atoms with E-state index in [-0.39, 0.29) is 35.7 Å². The van der Waals surface area contributed by atoms with Gasteiger partial charge < -0.3 is 9.47 Å². The quantitative estimate of drug-likeness (QED) is 0.153. The van der Waals surface area contributed by atoms with Crippen LogP contribution in [0.3, 0.4) is 0 Å². The molecule has 0 saturated carbocycles. The molecule has 0 amide bonds. The molecule has 0 aliphatic heterocycles. The normalized spacial score (nSPS) is 10.8. The van der Waals surface area contributed by atoms with E-state index >= 15 is 0 Å². The number of ether oxygens (including phenoxy) is 2. The van der Waals surface area contributed by atoms with Crippen LogP contribution in [-0.4, -0.2) is 41.9 Å². The number of carbonyl (C=O) groups excluding carboxylic acids is 3. The van der Waals surface area contributed by atoms with Gasteiger partial charge in [-0.3, -0.25) is 14.9 Å². The standard InChI is InChI=1S/C20H19N3O7/c1-3-29-19(25)17(20(26)30-4-2)22-21-16-11-10-14(23(27)28)12-15(16)18(24)13-8-6-5-7-9-13/h5-12,17H,3-4H2,1-2H3/b22-21+. The third-order valence-electron chi connectivity index (χ3n) is 3.77. The highest BCUT2D eigenvalue weighted by molar-refractivity contribution is 6.12. The zero-order valence-electron chi connectivity index (χ0n) is 16.3. The SMILES string of the molecule is CCOC(=O)C(/N=N/c1ccc([N+](=O)[O-])cc1C(=O)c1ccccc1)C(=O)OCC. The lowest BCUT2D eigenvalue weighted by Crippen LogP contribution is -2.31. The average Bonchev–Trinajstić information content (AvgIpc) is 2.74. The van der Waals surface area contributed by atoms with Crippen molar-refractivity contribution in [1.29, 1.82) is 0 Å². The Hall–Kier alpha value is -3.95. The number of benzene rings is 2. The number of esters is 2. The number of hydrogen-bond acceptors (Lipinski definition) is 9. The molecule has 0 aromatic heterocycles. The fraction of sp³-hybridized carbons (Fsp3) is 0.250. The Morgan fingerprint density at radius 3 is 2.13 bits per heavy atom. The number of carbonyl (C=O) groups is 3. The molecular formula is C20H19N3O7. The number of rotatable bonds is 9. The third-order valence-corrected chi connectivity index (χ3v) is 3.77. The molecule has 0 unspecified atom stereocenters. The Labute approximate surface area is 171 Å². The van der Waals surface area contributed by atoms with E-state index in [2.05, 4.69) is 10.2 Å². The van der Waals surface area contributed by atoms with Crippen molar-refractivity contribution in [3.63, 3.8) is 0 Å². The first-order valence-electron chi connectivity index (χ1n) is 9.01. The molecule has 0 heterocycles. The number of nitro groups is 1. The summed E-state index contributed by atoms with van der Waals surface area (Å²) in [5, 5.41) is 18.7. The molecule has 0 aliphatic rings. The van der Waals surface area contributed by atoms with Crippen molar-refractivity contribution in [2.45, 2.75) is 19.9 Å². The van der Waals surface area contributed by atoms with Gasteiger partial charge in [0.15, 0.2) is 5.78 Å². The molecule has 2 aromatic rings. The maximum atomic E-state index is 12.9. The second-order valence-corrected chi connectivity index (χ2v) is 5.78. The van der Waals surface area contributed by atoms with Crippen LogP contribution in [0.5, 0.6) is 0 Å². The van der Waals surface area contributed by atoms with E-state index in [4.69, 9.17) is 9.47 Å². The summed E-state index contributed by atoms with van der Waals surface area (Å²) < 4.78 is 9.62. The lowest BCUT2D eigenvalue weighted by Gasteiger charge is -2.10. The molecule has 0 spiro atoms. The molecule has 0 N–H and O–H groups in total. The lowest BCUT2D eigenvalue weighted by atomic mass is 10.0. The van der Waals surface area contributed by atoms with E-state index in [1.54, 1.807) is 44.2 Å². The predicted molar refractivity (Wildman–Crippen MR) is 105 cm³/mol. The van der Waals surface area contributed by atoms with Crippen LogP contribution in [0.1, 0.15) is 29.8 Å². The number of nitro benzene ring substituents is 1. The predicted octanol–water partition coefficient (Wildman–Crippen LogP) is 3.40. The van der Waals surface area contributed by atoms with E-state index < -0.39 is 28.7 Å². The molecule has 10 heteroatoms. The molecular weight excluding hydrogens is 394 g/mol. The largest absolute Gasteiger partial charge is 0.464 e. The first-order chi connectivity index (χ1) is 14.4. The molecule has 0 bridgehead atoms. The Morgan fingerprint density at radius 1 is 1.00 bits per heavy atom. The second kappa shape index (κ2) is 10.6. The average molecular weight is 413 g/mol. The van der Waals surface area contributed by atoms with Crippen molar-refractivity contribution < 1.29 is 28.8 Å². The number of ketones is 1. The van der Waals surface area contributed by atoms with E-state index in [1.807, 2.05) is 0 Å². The van der Waals surface area contributed by atoms with E-state index in [0.29, 0.717) is 0 Å². The second-order valence-electron chi connectivity index (χ2n) is 5.78. The van der Waals surface area contributed by atoms with Gasteiger partial charge in [0.1, 0.15) is 0 Å². The molecule has 0 radical (unpaired) electrons. The molecule has 156 valence electrons. The van der Waals surface area contributed by atoms with Crippen molar-refractivity contribution in [3.05, 3.63) is 69.8 Å². The maximum absolute atomic E-state index is 12.9. The summed E-state index contributed by atoms with van der Waals surface area (Å²) in [5.74, 6) is -2.45. The molecule has 0 fully saturated rings. The Bertz CT molecular complexity index is 956. The van der Waals surface area contributed by atoms with Crippen LogP contribution in [0, 0.1) is 10.1 Å². The number of nitrogens with zero attached hydrogens (tertiary/aromatic N) is 3. The number of non-ortho nitro benzene ring substituents is 1. The van der Waals surface area contributed by atoms with E-state index in [9.17, 15) is 24.5 Å². The first kappa shape index (κ1) is 22.3. The fourth-order valence-corrected chi connectivity index (χ4v) is 2.40. The van der Waals surface area contributed by atoms with Crippen molar-refractivity contribution in [3.8, 4) is 0 Å². The smallest absolute Gasteiger partial charge is 0.344 e. The summed E-state index contributed by atoms with van der Waals surface area (Å²) in [4.78, 5) is 47.4. The monoisotopic (exact) mass is 413 g/mol. The minimum absolute atomic E-state index is 0.0134. The van der Waals surface area contributed by atoms with Gasteiger partial charge >= 0.3 is 11.9 Å². The highest BCUT2D eigenvalue weighted by Gasteiger charge is 2.30. The Kier molecular flexibility index (Phi) is 7.86. The lowest BCUT2D eigenvalue weighted by molar-refractivity contribution is -0.384. The third kappa shape index (κ3) is 5.53. The molecule has 30 heavy (non-hydrogen) atoms. The highest BCUT2D eigenvalue weighted by atomic mass is 16.6.